The minimum atomic E-state index is -0.703. The molecule has 1 amide bonds. The highest BCUT2D eigenvalue weighted by Gasteiger charge is 1.96. The van der Waals surface area contributed by atoms with Crippen LogP contribution < -0.4 is 5.32 Å². The molecule has 0 aliphatic heterocycles. The summed E-state index contributed by atoms with van der Waals surface area (Å²) in [6.45, 7) is 2.68. The second-order valence-corrected chi connectivity index (χ2v) is 5.23. The first-order valence-electron chi connectivity index (χ1n) is 6.18. The second kappa shape index (κ2) is 16.9. The molecule has 0 aliphatic rings. The Morgan fingerprint density at radius 3 is 1.89 bits per heavy atom. The monoisotopic (exact) mass is 387 g/mol. The summed E-state index contributed by atoms with van der Waals surface area (Å²) in [7, 11) is 0. The third-order valence-electron chi connectivity index (χ3n) is 1.94. The van der Waals surface area contributed by atoms with E-state index in [1.807, 2.05) is 6.92 Å². The molecule has 0 bridgehead atoms. The summed E-state index contributed by atoms with van der Waals surface area (Å²) in [5, 5.41) is 12.8. The molecule has 0 saturated carbocycles. The van der Waals surface area contributed by atoms with Gasteiger partial charge in [0.15, 0.2) is 0 Å². The van der Waals surface area contributed by atoms with Crippen LogP contribution in [0.25, 0.3) is 0 Å². The number of halogens is 2. The van der Waals surface area contributed by atoms with E-state index in [9.17, 15) is 9.59 Å². The predicted octanol–water partition coefficient (Wildman–Crippen LogP) is 3.32. The molecule has 0 aromatic rings. The van der Waals surface area contributed by atoms with Crippen molar-refractivity contribution in [3.8, 4) is 0 Å². The minimum absolute atomic E-state index is 0.170. The summed E-state index contributed by atoms with van der Waals surface area (Å²) in [4.78, 5) is 20.7. The predicted molar refractivity (Wildman–Crippen MR) is 81.6 cm³/mol. The highest BCUT2D eigenvalue weighted by Crippen LogP contribution is 1.98. The fourth-order valence-corrected chi connectivity index (χ4v) is 1.83. The van der Waals surface area contributed by atoms with Gasteiger partial charge in [-0.3, -0.25) is 9.59 Å². The van der Waals surface area contributed by atoms with Crippen molar-refractivity contribution in [1.29, 1.82) is 0 Å². The average Bonchev–Trinajstić information content (AvgIpc) is 2.30. The lowest BCUT2D eigenvalue weighted by Gasteiger charge is -1.99. The number of amides is 1. The quantitative estimate of drug-likeness (QED) is 0.470. The van der Waals surface area contributed by atoms with Crippen molar-refractivity contribution in [2.75, 3.05) is 17.2 Å². The number of hydrogen-bond donors (Lipinski definition) is 2. The summed E-state index contributed by atoms with van der Waals surface area (Å²) in [6, 6.07) is 0. The van der Waals surface area contributed by atoms with E-state index in [1.54, 1.807) is 0 Å². The Morgan fingerprint density at radius 1 is 1.00 bits per heavy atom. The van der Waals surface area contributed by atoms with Gasteiger partial charge in [0.25, 0.3) is 0 Å². The first kappa shape index (κ1) is 20.2. The van der Waals surface area contributed by atoms with Crippen molar-refractivity contribution in [1.82, 2.24) is 5.32 Å². The van der Waals surface area contributed by atoms with Gasteiger partial charge in [0, 0.05) is 30.0 Å². The van der Waals surface area contributed by atoms with Crippen molar-refractivity contribution in [2.24, 2.45) is 0 Å². The van der Waals surface area contributed by atoms with Gasteiger partial charge in [-0.1, -0.05) is 31.9 Å². The van der Waals surface area contributed by atoms with E-state index in [2.05, 4.69) is 37.2 Å². The molecule has 0 saturated heterocycles. The third-order valence-corrected chi connectivity index (χ3v) is 3.06. The molecule has 0 radical (unpaired) electrons. The molecule has 0 unspecified atom stereocenters. The van der Waals surface area contributed by atoms with Gasteiger partial charge in [0.05, 0.1) is 0 Å². The van der Waals surface area contributed by atoms with Gasteiger partial charge in [-0.05, 0) is 32.6 Å². The minimum Gasteiger partial charge on any atom is -0.481 e. The first-order valence-corrected chi connectivity index (χ1v) is 8.43. The van der Waals surface area contributed by atoms with Crippen LogP contribution in [0.1, 0.15) is 45.4 Å². The van der Waals surface area contributed by atoms with E-state index in [0.717, 1.165) is 42.9 Å². The lowest BCUT2D eigenvalue weighted by Crippen LogP contribution is -2.21. The molecule has 0 heterocycles. The summed E-state index contributed by atoms with van der Waals surface area (Å²) in [5.41, 5.74) is 0. The van der Waals surface area contributed by atoms with Crippen LogP contribution in [0.2, 0.25) is 0 Å². The highest BCUT2D eigenvalue weighted by atomic mass is 79.9. The van der Waals surface area contributed by atoms with Gasteiger partial charge in [0.2, 0.25) is 5.91 Å². The number of carboxylic acids is 1. The Kier molecular flexibility index (Phi) is 19.0. The maximum atomic E-state index is 10.8. The number of carboxylic acid groups (broad SMARTS) is 1. The molecular weight excluding hydrogens is 366 g/mol. The number of unbranched alkanes of at least 4 members (excludes halogenated alkanes) is 2. The maximum absolute atomic E-state index is 10.8. The molecule has 2 N–H and O–H groups in total. The standard InChI is InChI=1S/C7H14BrNO.C5H9BrO2/c1-2-9-7(10)5-3-4-6-8;6-4-2-1-3-5(7)8/h2-6H2,1H3,(H,9,10);1-4H2,(H,7,8). The first-order chi connectivity index (χ1) is 8.58. The Morgan fingerprint density at radius 2 is 1.50 bits per heavy atom. The Hall–Kier alpha value is -0.100. The summed E-state index contributed by atoms with van der Waals surface area (Å²) < 4.78 is 0. The zero-order valence-electron chi connectivity index (χ0n) is 10.9. The fourth-order valence-electron chi connectivity index (χ4n) is 1.04. The zero-order valence-corrected chi connectivity index (χ0v) is 14.1. The number of carbonyl (C=O) groups excluding carboxylic acids is 1. The zero-order chi connectivity index (χ0) is 14.2. The van der Waals surface area contributed by atoms with E-state index < -0.39 is 5.97 Å². The van der Waals surface area contributed by atoms with Crippen molar-refractivity contribution in [3.63, 3.8) is 0 Å². The number of hydrogen-bond acceptors (Lipinski definition) is 2. The Balaban J connectivity index is 0. The van der Waals surface area contributed by atoms with Crippen molar-refractivity contribution in [2.45, 2.75) is 45.4 Å². The SMILES string of the molecule is CCNC(=O)CCCCBr.O=C(O)CCCCBr. The molecule has 0 rings (SSSR count). The van der Waals surface area contributed by atoms with E-state index in [-0.39, 0.29) is 5.91 Å². The largest absolute Gasteiger partial charge is 0.481 e. The molecular formula is C12H23Br2NO3. The van der Waals surface area contributed by atoms with E-state index in [4.69, 9.17) is 5.11 Å². The van der Waals surface area contributed by atoms with Crippen LogP contribution in [0.15, 0.2) is 0 Å². The molecule has 6 heteroatoms. The maximum Gasteiger partial charge on any atom is 0.303 e. The average molecular weight is 389 g/mol. The summed E-state index contributed by atoms with van der Waals surface area (Å²) >= 11 is 6.51. The molecule has 0 atom stereocenters. The lowest BCUT2D eigenvalue weighted by atomic mass is 10.2. The van der Waals surface area contributed by atoms with Gasteiger partial charge < -0.3 is 10.4 Å². The van der Waals surface area contributed by atoms with Crippen LogP contribution in [0.4, 0.5) is 0 Å². The fraction of sp³-hybridized carbons (Fsp3) is 0.833. The smallest absolute Gasteiger partial charge is 0.303 e. The van der Waals surface area contributed by atoms with Crippen molar-refractivity contribution >= 4 is 43.7 Å². The van der Waals surface area contributed by atoms with E-state index in [1.165, 1.54) is 0 Å². The third kappa shape index (κ3) is 21.2. The second-order valence-electron chi connectivity index (χ2n) is 3.64. The topological polar surface area (TPSA) is 66.4 Å². The van der Waals surface area contributed by atoms with Crippen LogP contribution in [-0.2, 0) is 9.59 Å². The molecule has 4 nitrogen and oxygen atoms in total. The Labute approximate surface area is 126 Å². The van der Waals surface area contributed by atoms with Crippen LogP contribution >= 0.6 is 31.9 Å². The molecule has 0 aromatic carbocycles. The van der Waals surface area contributed by atoms with Gasteiger partial charge >= 0.3 is 5.97 Å². The highest BCUT2D eigenvalue weighted by molar-refractivity contribution is 9.09. The van der Waals surface area contributed by atoms with Gasteiger partial charge in [-0.15, -0.1) is 0 Å². The van der Waals surface area contributed by atoms with Crippen LogP contribution in [-0.4, -0.2) is 34.2 Å². The van der Waals surface area contributed by atoms with E-state index in [0.29, 0.717) is 12.8 Å². The van der Waals surface area contributed by atoms with Crippen LogP contribution in [0.3, 0.4) is 0 Å². The molecule has 0 spiro atoms. The summed E-state index contributed by atoms with van der Waals surface area (Å²) in [5.74, 6) is -0.533. The van der Waals surface area contributed by atoms with E-state index >= 15 is 0 Å². The normalized spacial score (nSPS) is 9.28. The van der Waals surface area contributed by atoms with Crippen LogP contribution in [0, 0.1) is 0 Å². The molecule has 0 aliphatic carbocycles. The van der Waals surface area contributed by atoms with Crippen LogP contribution in [0.5, 0.6) is 0 Å². The number of alkyl halides is 2. The van der Waals surface area contributed by atoms with Crippen molar-refractivity contribution in [3.05, 3.63) is 0 Å². The van der Waals surface area contributed by atoms with Gasteiger partial charge in [-0.2, -0.15) is 0 Å². The molecule has 18 heavy (non-hydrogen) atoms. The van der Waals surface area contributed by atoms with Gasteiger partial charge in [-0.25, -0.2) is 0 Å². The Bertz CT molecular complexity index is 213. The van der Waals surface area contributed by atoms with Gasteiger partial charge in [0.1, 0.15) is 0 Å². The number of aliphatic carboxylic acids is 1. The number of carbonyl (C=O) groups is 2. The molecule has 0 aromatic heterocycles. The van der Waals surface area contributed by atoms with Crippen molar-refractivity contribution < 1.29 is 14.7 Å². The number of rotatable bonds is 9. The number of nitrogens with one attached hydrogen (secondary N) is 1. The lowest BCUT2D eigenvalue weighted by molar-refractivity contribution is -0.137. The molecule has 108 valence electrons. The summed E-state index contributed by atoms with van der Waals surface area (Å²) in [6.07, 6.45) is 4.76. The molecule has 0 fully saturated rings.